The lowest BCUT2D eigenvalue weighted by atomic mass is 10.1. The molecular formula is C19H22N2O4. The van der Waals surface area contributed by atoms with Gasteiger partial charge in [0.05, 0.1) is 19.9 Å². The van der Waals surface area contributed by atoms with Crippen LogP contribution in [0.4, 0.5) is 0 Å². The van der Waals surface area contributed by atoms with E-state index in [0.717, 1.165) is 12.0 Å². The number of aryl methyl sites for hydroxylation is 1. The zero-order valence-electron chi connectivity index (χ0n) is 14.5. The molecule has 2 aromatic rings. The molecule has 6 nitrogen and oxygen atoms in total. The van der Waals surface area contributed by atoms with Crippen LogP contribution in [0.1, 0.15) is 34.5 Å². The van der Waals surface area contributed by atoms with Crippen molar-refractivity contribution in [1.82, 2.24) is 10.2 Å². The lowest BCUT2D eigenvalue weighted by Crippen LogP contribution is -2.45. The number of nitrogens with zero attached hydrogens (tertiary/aromatic N) is 1. The van der Waals surface area contributed by atoms with Crippen LogP contribution in [0.5, 0.6) is 5.75 Å². The molecule has 0 aliphatic carbocycles. The molecule has 1 aromatic carbocycles. The summed E-state index contributed by atoms with van der Waals surface area (Å²) in [6.45, 7) is 2.82. The molecule has 3 rings (SSSR count). The molecule has 0 saturated carbocycles. The first-order valence-corrected chi connectivity index (χ1v) is 8.36. The number of likely N-dealkylation sites (tertiary alicyclic amines) is 1. The second-order valence-electron chi connectivity index (χ2n) is 6.14. The van der Waals surface area contributed by atoms with Crippen molar-refractivity contribution in [2.24, 2.45) is 0 Å². The van der Waals surface area contributed by atoms with Crippen LogP contribution in [0.2, 0.25) is 0 Å². The number of methoxy groups -OCH3 is 1. The highest BCUT2D eigenvalue weighted by molar-refractivity contribution is 5.98. The molecule has 0 unspecified atom stereocenters. The van der Waals surface area contributed by atoms with Crippen LogP contribution in [-0.4, -0.2) is 36.4 Å². The minimum Gasteiger partial charge on any atom is -0.496 e. The Morgan fingerprint density at radius 1 is 1.36 bits per heavy atom. The third-order valence-electron chi connectivity index (χ3n) is 4.49. The van der Waals surface area contributed by atoms with Crippen molar-refractivity contribution in [2.75, 3.05) is 13.7 Å². The van der Waals surface area contributed by atoms with Crippen molar-refractivity contribution in [3.63, 3.8) is 0 Å². The van der Waals surface area contributed by atoms with E-state index in [4.69, 9.17) is 9.15 Å². The highest BCUT2D eigenvalue weighted by Crippen LogP contribution is 2.24. The Morgan fingerprint density at radius 3 is 2.92 bits per heavy atom. The van der Waals surface area contributed by atoms with Gasteiger partial charge in [-0.05, 0) is 49.6 Å². The second-order valence-corrected chi connectivity index (χ2v) is 6.14. The Balaban J connectivity index is 1.70. The first-order chi connectivity index (χ1) is 12.1. The summed E-state index contributed by atoms with van der Waals surface area (Å²) in [7, 11) is 1.58. The molecule has 1 aliphatic heterocycles. The maximum atomic E-state index is 12.8. The van der Waals surface area contributed by atoms with Crippen LogP contribution in [0.25, 0.3) is 0 Å². The zero-order chi connectivity index (χ0) is 17.8. The number of carbonyl (C=O) groups excluding carboxylic acids is 2. The van der Waals surface area contributed by atoms with Gasteiger partial charge in [0, 0.05) is 12.1 Å². The SMILES string of the molecule is COc1cc(C(=O)N2CCC[C@H]2C(=O)NCc2ccco2)ccc1C. The van der Waals surface area contributed by atoms with Gasteiger partial charge in [-0.1, -0.05) is 6.07 Å². The summed E-state index contributed by atoms with van der Waals surface area (Å²) < 4.78 is 10.5. The molecule has 25 heavy (non-hydrogen) atoms. The molecule has 2 amide bonds. The van der Waals surface area contributed by atoms with Crippen molar-refractivity contribution >= 4 is 11.8 Å². The smallest absolute Gasteiger partial charge is 0.254 e. The van der Waals surface area contributed by atoms with Crippen molar-refractivity contribution < 1.29 is 18.7 Å². The summed E-state index contributed by atoms with van der Waals surface area (Å²) in [4.78, 5) is 27.0. The van der Waals surface area contributed by atoms with Crippen molar-refractivity contribution in [3.05, 3.63) is 53.5 Å². The van der Waals surface area contributed by atoms with Gasteiger partial charge < -0.3 is 19.4 Å². The standard InChI is InChI=1S/C19H22N2O4/c1-13-7-8-14(11-17(13)24-2)19(23)21-9-3-6-16(21)18(22)20-12-15-5-4-10-25-15/h4-5,7-8,10-11,16H,3,6,9,12H2,1-2H3,(H,20,22)/t16-/m0/s1. The molecule has 132 valence electrons. The molecule has 1 aromatic heterocycles. The maximum absolute atomic E-state index is 12.8. The quantitative estimate of drug-likeness (QED) is 0.906. The summed E-state index contributed by atoms with van der Waals surface area (Å²) in [6, 6.07) is 8.49. The number of nitrogens with one attached hydrogen (secondary N) is 1. The fourth-order valence-electron chi connectivity index (χ4n) is 3.11. The predicted octanol–water partition coefficient (Wildman–Crippen LogP) is 2.52. The van der Waals surface area contributed by atoms with Crippen molar-refractivity contribution in [1.29, 1.82) is 0 Å². The van der Waals surface area contributed by atoms with E-state index in [0.29, 0.717) is 36.6 Å². The Kier molecular flexibility index (Phi) is 5.07. The van der Waals surface area contributed by atoms with E-state index in [1.807, 2.05) is 13.0 Å². The molecular weight excluding hydrogens is 320 g/mol. The minimum atomic E-state index is -0.449. The first kappa shape index (κ1) is 17.1. The van der Waals surface area contributed by atoms with E-state index < -0.39 is 6.04 Å². The minimum absolute atomic E-state index is 0.144. The third-order valence-corrected chi connectivity index (χ3v) is 4.49. The lowest BCUT2D eigenvalue weighted by Gasteiger charge is -2.24. The van der Waals surface area contributed by atoms with Crippen molar-refractivity contribution in [3.8, 4) is 5.75 Å². The molecule has 1 atom stereocenters. The average Bonchev–Trinajstić information content (AvgIpc) is 3.31. The summed E-state index contributed by atoms with van der Waals surface area (Å²) in [6.07, 6.45) is 3.05. The Hall–Kier alpha value is -2.76. The van der Waals surface area contributed by atoms with Crippen LogP contribution in [-0.2, 0) is 11.3 Å². The van der Waals surface area contributed by atoms with Gasteiger partial charge in [0.1, 0.15) is 17.6 Å². The largest absolute Gasteiger partial charge is 0.496 e. The molecule has 0 bridgehead atoms. The van der Waals surface area contributed by atoms with E-state index in [-0.39, 0.29) is 11.8 Å². The predicted molar refractivity (Wildman–Crippen MR) is 92.3 cm³/mol. The summed E-state index contributed by atoms with van der Waals surface area (Å²) >= 11 is 0. The monoisotopic (exact) mass is 342 g/mol. The van der Waals surface area contributed by atoms with E-state index in [2.05, 4.69) is 5.32 Å². The van der Waals surface area contributed by atoms with Gasteiger partial charge in [0.2, 0.25) is 5.91 Å². The maximum Gasteiger partial charge on any atom is 0.254 e. The second kappa shape index (κ2) is 7.42. The van der Waals surface area contributed by atoms with Gasteiger partial charge in [-0.2, -0.15) is 0 Å². The molecule has 1 aliphatic rings. The zero-order valence-corrected chi connectivity index (χ0v) is 14.5. The van der Waals surface area contributed by atoms with Crippen molar-refractivity contribution in [2.45, 2.75) is 32.4 Å². The fraction of sp³-hybridized carbons (Fsp3) is 0.368. The number of amides is 2. The molecule has 2 heterocycles. The molecule has 1 fully saturated rings. The highest BCUT2D eigenvalue weighted by Gasteiger charge is 2.34. The van der Waals surface area contributed by atoms with Crippen LogP contribution in [0, 0.1) is 6.92 Å². The summed E-state index contributed by atoms with van der Waals surface area (Å²) in [5.74, 6) is 1.06. The van der Waals surface area contributed by atoms with Crippen LogP contribution < -0.4 is 10.1 Å². The van der Waals surface area contributed by atoms with Gasteiger partial charge in [-0.15, -0.1) is 0 Å². The molecule has 0 spiro atoms. The number of benzene rings is 1. The van der Waals surface area contributed by atoms with E-state index in [1.165, 1.54) is 0 Å². The van der Waals surface area contributed by atoms with Gasteiger partial charge in [-0.25, -0.2) is 0 Å². The topological polar surface area (TPSA) is 71.8 Å². The highest BCUT2D eigenvalue weighted by atomic mass is 16.5. The number of hydrogen-bond acceptors (Lipinski definition) is 4. The number of carbonyl (C=O) groups is 2. The number of hydrogen-bond donors (Lipinski definition) is 1. The number of furan rings is 1. The van der Waals surface area contributed by atoms with E-state index >= 15 is 0 Å². The van der Waals surface area contributed by atoms with E-state index in [1.54, 1.807) is 42.5 Å². The van der Waals surface area contributed by atoms with Crippen LogP contribution in [0.3, 0.4) is 0 Å². The van der Waals surface area contributed by atoms with E-state index in [9.17, 15) is 9.59 Å². The third kappa shape index (κ3) is 3.68. The summed E-state index contributed by atoms with van der Waals surface area (Å²) in [5.41, 5.74) is 1.50. The fourth-order valence-corrected chi connectivity index (χ4v) is 3.11. The van der Waals surface area contributed by atoms with Gasteiger partial charge >= 0.3 is 0 Å². The molecule has 1 saturated heterocycles. The van der Waals surface area contributed by atoms with Crippen LogP contribution in [0.15, 0.2) is 41.0 Å². The summed E-state index contributed by atoms with van der Waals surface area (Å²) in [5, 5.41) is 2.84. The number of rotatable bonds is 5. The molecule has 6 heteroatoms. The normalized spacial score (nSPS) is 16.7. The first-order valence-electron chi connectivity index (χ1n) is 8.36. The van der Waals surface area contributed by atoms with Crippen LogP contribution >= 0.6 is 0 Å². The van der Waals surface area contributed by atoms with Gasteiger partial charge in [0.15, 0.2) is 0 Å². The number of ether oxygens (including phenoxy) is 1. The van der Waals surface area contributed by atoms with Gasteiger partial charge in [-0.3, -0.25) is 9.59 Å². The molecule has 0 radical (unpaired) electrons. The Bertz CT molecular complexity index is 755. The average molecular weight is 342 g/mol. The Labute approximate surface area is 146 Å². The lowest BCUT2D eigenvalue weighted by molar-refractivity contribution is -0.125. The Morgan fingerprint density at radius 2 is 2.20 bits per heavy atom. The molecule has 1 N–H and O–H groups in total. The van der Waals surface area contributed by atoms with Gasteiger partial charge in [0.25, 0.3) is 5.91 Å².